The van der Waals surface area contributed by atoms with Gasteiger partial charge in [-0.1, -0.05) is 76.7 Å². The van der Waals surface area contributed by atoms with Crippen molar-refractivity contribution < 1.29 is 9.90 Å². The molecule has 0 saturated heterocycles. The van der Waals surface area contributed by atoms with Gasteiger partial charge in [0, 0.05) is 6.42 Å². The number of hydrogen-bond donors (Lipinski definition) is 1. The second kappa shape index (κ2) is 17.3. The van der Waals surface area contributed by atoms with Crippen LogP contribution < -0.4 is 0 Å². The number of carbonyl (C=O) groups is 1. The zero-order chi connectivity index (χ0) is 15.6. The van der Waals surface area contributed by atoms with Gasteiger partial charge in [-0.2, -0.15) is 0 Å². The van der Waals surface area contributed by atoms with Gasteiger partial charge in [-0.3, -0.25) is 4.79 Å². The average Bonchev–Trinajstić information content (AvgIpc) is 2.46. The summed E-state index contributed by atoms with van der Waals surface area (Å²) in [5.74, 6) is 0.984. The Morgan fingerprint density at radius 1 is 0.714 bits per heavy atom. The molecule has 0 aliphatic heterocycles. The highest BCUT2D eigenvalue weighted by atomic mass is 16.4. The van der Waals surface area contributed by atoms with Crippen molar-refractivity contribution in [1.29, 1.82) is 0 Å². The lowest BCUT2D eigenvalue weighted by molar-refractivity contribution is -0.137. The summed E-state index contributed by atoms with van der Waals surface area (Å²) in [7, 11) is 5.29. The molecule has 0 rings (SSSR count). The van der Waals surface area contributed by atoms with E-state index in [1.165, 1.54) is 70.6 Å². The van der Waals surface area contributed by atoms with Crippen LogP contribution in [-0.2, 0) is 4.79 Å². The van der Waals surface area contributed by atoms with Gasteiger partial charge in [0.1, 0.15) is 7.85 Å². The van der Waals surface area contributed by atoms with E-state index in [1.54, 1.807) is 5.98 Å². The Morgan fingerprint density at radius 3 is 1.48 bits per heavy atom. The monoisotopic (exact) mass is 292 g/mol. The molecule has 2 radical (unpaired) electrons. The third-order valence-corrected chi connectivity index (χ3v) is 3.90. The Labute approximate surface area is 132 Å². The molecule has 0 heterocycles. The third kappa shape index (κ3) is 19.3. The van der Waals surface area contributed by atoms with E-state index < -0.39 is 5.97 Å². The minimum atomic E-state index is -0.661. The number of aliphatic carboxylic acids is 1. The maximum Gasteiger partial charge on any atom is 0.303 e. The molecule has 0 aromatic heterocycles. The highest BCUT2D eigenvalue weighted by Gasteiger charge is 1.97. The molecule has 0 atom stereocenters. The van der Waals surface area contributed by atoms with Gasteiger partial charge in [-0.05, 0) is 19.3 Å². The van der Waals surface area contributed by atoms with Crippen LogP contribution >= 0.6 is 0 Å². The molecule has 21 heavy (non-hydrogen) atoms. The van der Waals surface area contributed by atoms with Crippen LogP contribution in [0.2, 0.25) is 0 Å². The molecule has 0 aliphatic carbocycles. The zero-order valence-corrected chi connectivity index (χ0v) is 13.7. The van der Waals surface area contributed by atoms with Crippen LogP contribution in [0, 0.1) is 0 Å². The summed E-state index contributed by atoms with van der Waals surface area (Å²) in [4.78, 5) is 10.3. The van der Waals surface area contributed by atoms with Gasteiger partial charge >= 0.3 is 5.97 Å². The fourth-order valence-corrected chi connectivity index (χ4v) is 2.58. The van der Waals surface area contributed by atoms with Crippen molar-refractivity contribution in [2.24, 2.45) is 0 Å². The van der Waals surface area contributed by atoms with Crippen LogP contribution in [0.4, 0.5) is 0 Å². The molecule has 0 aliphatic rings. The van der Waals surface area contributed by atoms with Crippen LogP contribution in [0.25, 0.3) is 0 Å². The van der Waals surface area contributed by atoms with Gasteiger partial charge in [-0.15, -0.1) is 5.98 Å². The fourth-order valence-electron chi connectivity index (χ4n) is 2.58. The van der Waals surface area contributed by atoms with Gasteiger partial charge in [0.05, 0.1) is 0 Å². The molecular formula is C18H33BO2. The predicted molar refractivity (Wildman–Crippen MR) is 91.8 cm³/mol. The lowest BCUT2D eigenvalue weighted by Crippen LogP contribution is -1.93. The van der Waals surface area contributed by atoms with Crippen LogP contribution in [-0.4, -0.2) is 18.9 Å². The largest absolute Gasteiger partial charge is 0.481 e. The van der Waals surface area contributed by atoms with Gasteiger partial charge < -0.3 is 5.11 Å². The molecule has 0 unspecified atom stereocenters. The quantitative estimate of drug-likeness (QED) is 0.297. The first-order chi connectivity index (χ1) is 10.3. The van der Waals surface area contributed by atoms with Crippen LogP contribution in [0.5, 0.6) is 0 Å². The summed E-state index contributed by atoms with van der Waals surface area (Å²) in [5.41, 5.74) is 0. The van der Waals surface area contributed by atoms with E-state index >= 15 is 0 Å². The molecule has 0 amide bonds. The first-order valence-electron chi connectivity index (χ1n) is 8.86. The SMILES string of the molecule is [B]C=CCCCCCCCCCCCCCCCC(=O)O. The van der Waals surface area contributed by atoms with Crippen LogP contribution in [0.15, 0.2) is 12.1 Å². The number of carboxylic acid groups (broad SMARTS) is 1. The lowest BCUT2D eigenvalue weighted by atomic mass is 10.0. The first kappa shape index (κ1) is 20.3. The van der Waals surface area contributed by atoms with Crippen LogP contribution in [0.1, 0.15) is 96.3 Å². The normalized spacial score (nSPS) is 11.2. The first-order valence-corrected chi connectivity index (χ1v) is 8.86. The van der Waals surface area contributed by atoms with Gasteiger partial charge in [0.15, 0.2) is 0 Å². The standard InChI is InChI=1S/C18H33BO2/c19-17-15-13-11-9-7-5-3-1-2-4-6-8-10-12-14-16-18(20)21/h15,17H,1-14,16H2,(H,20,21). The van der Waals surface area contributed by atoms with E-state index in [0.29, 0.717) is 6.42 Å². The molecule has 2 nitrogen and oxygen atoms in total. The minimum absolute atomic E-state index is 0.336. The summed E-state index contributed by atoms with van der Waals surface area (Å²) in [6, 6.07) is 0. The molecule has 1 N–H and O–H groups in total. The van der Waals surface area contributed by atoms with Crippen molar-refractivity contribution in [3.05, 3.63) is 12.1 Å². The summed E-state index contributed by atoms with van der Waals surface area (Å²) in [5, 5.41) is 8.52. The molecule has 0 bridgehead atoms. The van der Waals surface area contributed by atoms with Crippen molar-refractivity contribution >= 4 is 13.8 Å². The molecule has 0 saturated carbocycles. The van der Waals surface area contributed by atoms with Crippen molar-refractivity contribution in [3.63, 3.8) is 0 Å². The average molecular weight is 292 g/mol. The Morgan fingerprint density at radius 2 is 1.10 bits per heavy atom. The summed E-state index contributed by atoms with van der Waals surface area (Å²) < 4.78 is 0. The second-order valence-corrected chi connectivity index (χ2v) is 5.96. The fraction of sp³-hybridized carbons (Fsp3) is 0.833. The van der Waals surface area contributed by atoms with Crippen molar-refractivity contribution in [1.82, 2.24) is 0 Å². The van der Waals surface area contributed by atoms with E-state index in [2.05, 4.69) is 0 Å². The molecule has 3 heteroatoms. The van der Waals surface area contributed by atoms with E-state index in [-0.39, 0.29) is 0 Å². The molecule has 0 spiro atoms. The number of allylic oxidation sites excluding steroid dienone is 1. The van der Waals surface area contributed by atoms with Crippen molar-refractivity contribution in [2.45, 2.75) is 96.3 Å². The Balaban J connectivity index is 2.98. The van der Waals surface area contributed by atoms with E-state index in [4.69, 9.17) is 13.0 Å². The predicted octanol–water partition coefficient (Wildman–Crippen LogP) is 5.60. The Hall–Kier alpha value is -0.725. The van der Waals surface area contributed by atoms with E-state index in [9.17, 15) is 4.79 Å². The Kier molecular flexibility index (Phi) is 16.7. The molecule has 0 fully saturated rings. The number of rotatable bonds is 16. The maximum atomic E-state index is 10.3. The van der Waals surface area contributed by atoms with Gasteiger partial charge in [0.25, 0.3) is 0 Å². The molecular weight excluding hydrogens is 259 g/mol. The topological polar surface area (TPSA) is 37.3 Å². The second-order valence-electron chi connectivity index (χ2n) is 5.96. The van der Waals surface area contributed by atoms with Gasteiger partial charge in [-0.25, -0.2) is 0 Å². The third-order valence-electron chi connectivity index (χ3n) is 3.90. The Bertz CT molecular complexity index is 252. The summed E-state index contributed by atoms with van der Waals surface area (Å²) in [6.45, 7) is 0. The van der Waals surface area contributed by atoms with Crippen molar-refractivity contribution in [2.75, 3.05) is 0 Å². The smallest absolute Gasteiger partial charge is 0.303 e. The summed E-state index contributed by atoms with van der Waals surface area (Å²) in [6.07, 6.45) is 20.0. The number of hydrogen-bond acceptors (Lipinski definition) is 1. The highest BCUT2D eigenvalue weighted by molar-refractivity contribution is 6.16. The number of carboxylic acids is 1. The van der Waals surface area contributed by atoms with Crippen molar-refractivity contribution in [3.8, 4) is 0 Å². The maximum absolute atomic E-state index is 10.3. The van der Waals surface area contributed by atoms with E-state index in [0.717, 1.165) is 19.3 Å². The van der Waals surface area contributed by atoms with E-state index in [1.807, 2.05) is 6.08 Å². The molecule has 0 aromatic carbocycles. The number of unbranched alkanes of at least 4 members (excludes halogenated alkanes) is 13. The molecule has 0 aromatic rings. The summed E-state index contributed by atoms with van der Waals surface area (Å²) >= 11 is 0. The highest BCUT2D eigenvalue weighted by Crippen LogP contribution is 2.13. The lowest BCUT2D eigenvalue weighted by Gasteiger charge is -2.02. The molecule has 120 valence electrons. The minimum Gasteiger partial charge on any atom is -0.481 e. The van der Waals surface area contributed by atoms with Crippen LogP contribution in [0.3, 0.4) is 0 Å². The zero-order valence-electron chi connectivity index (χ0n) is 13.7. The van der Waals surface area contributed by atoms with Gasteiger partial charge in [0.2, 0.25) is 0 Å².